The summed E-state index contributed by atoms with van der Waals surface area (Å²) in [7, 11) is 0. The number of aryl methyl sites for hydroxylation is 2. The van der Waals surface area contributed by atoms with Crippen LogP contribution < -0.4 is 15.4 Å². The number of hydrogen-bond acceptors (Lipinski definition) is 3. The number of fused-ring (bicyclic) bond motifs is 1. The van der Waals surface area contributed by atoms with Crippen LogP contribution in [-0.2, 0) is 22.4 Å². The smallest absolute Gasteiger partial charge is 0.262 e. The molecule has 2 aromatic carbocycles. The first-order valence-electron chi connectivity index (χ1n) is 8.48. The Morgan fingerprint density at radius 3 is 2.68 bits per heavy atom. The molecule has 5 nitrogen and oxygen atoms in total. The Morgan fingerprint density at radius 2 is 1.88 bits per heavy atom. The van der Waals surface area contributed by atoms with Crippen LogP contribution in [0.25, 0.3) is 0 Å². The van der Waals surface area contributed by atoms with E-state index in [-0.39, 0.29) is 18.4 Å². The van der Waals surface area contributed by atoms with E-state index in [0.717, 1.165) is 12.0 Å². The van der Waals surface area contributed by atoms with E-state index in [1.54, 1.807) is 0 Å². The highest BCUT2D eigenvalue weighted by molar-refractivity contribution is 5.95. The Balaban J connectivity index is 1.43. The molecule has 0 saturated heterocycles. The van der Waals surface area contributed by atoms with Crippen molar-refractivity contribution in [3.8, 4) is 5.75 Å². The molecule has 0 fully saturated rings. The molecular formula is C20H22N2O3. The van der Waals surface area contributed by atoms with Gasteiger partial charge in [-0.2, -0.15) is 0 Å². The summed E-state index contributed by atoms with van der Waals surface area (Å²) in [5.74, 6) is 0.592. The van der Waals surface area contributed by atoms with E-state index < -0.39 is 0 Å². The zero-order valence-electron chi connectivity index (χ0n) is 14.3. The summed E-state index contributed by atoms with van der Waals surface area (Å²) in [6.07, 6.45) is 1.94. The molecule has 0 aliphatic carbocycles. The van der Waals surface area contributed by atoms with Crippen molar-refractivity contribution >= 4 is 17.5 Å². The molecule has 0 radical (unpaired) electrons. The molecule has 2 N–H and O–H groups in total. The summed E-state index contributed by atoms with van der Waals surface area (Å²) in [5, 5.41) is 5.73. The minimum atomic E-state index is -0.144. The van der Waals surface area contributed by atoms with Gasteiger partial charge in [0, 0.05) is 13.0 Å². The van der Waals surface area contributed by atoms with Gasteiger partial charge in [0.1, 0.15) is 5.75 Å². The van der Waals surface area contributed by atoms with Crippen LogP contribution in [0, 0.1) is 6.92 Å². The molecule has 5 heteroatoms. The van der Waals surface area contributed by atoms with Crippen molar-refractivity contribution < 1.29 is 14.3 Å². The van der Waals surface area contributed by atoms with Crippen molar-refractivity contribution in [1.82, 2.24) is 5.32 Å². The van der Waals surface area contributed by atoms with Gasteiger partial charge in [-0.3, -0.25) is 9.59 Å². The molecule has 2 amide bonds. The molecule has 0 atom stereocenters. The molecule has 130 valence electrons. The molecule has 0 unspecified atom stereocenters. The molecule has 2 aromatic rings. The quantitative estimate of drug-likeness (QED) is 0.851. The maximum Gasteiger partial charge on any atom is 0.262 e. The second-order valence-corrected chi connectivity index (χ2v) is 6.25. The van der Waals surface area contributed by atoms with Crippen LogP contribution in [0.2, 0.25) is 0 Å². The highest BCUT2D eigenvalue weighted by atomic mass is 16.5. The largest absolute Gasteiger partial charge is 0.482 e. The van der Waals surface area contributed by atoms with E-state index in [4.69, 9.17) is 4.74 Å². The van der Waals surface area contributed by atoms with Crippen molar-refractivity contribution in [3.05, 3.63) is 59.2 Å². The van der Waals surface area contributed by atoms with Gasteiger partial charge in [0.2, 0.25) is 5.91 Å². The average Bonchev–Trinajstić information content (AvgIpc) is 2.61. The van der Waals surface area contributed by atoms with Gasteiger partial charge in [-0.25, -0.2) is 0 Å². The van der Waals surface area contributed by atoms with E-state index in [1.807, 2.05) is 18.2 Å². The first-order chi connectivity index (χ1) is 12.1. The third-order valence-corrected chi connectivity index (χ3v) is 4.17. The molecule has 0 bridgehead atoms. The number of amides is 2. The Morgan fingerprint density at radius 1 is 1.12 bits per heavy atom. The molecular weight excluding hydrogens is 316 g/mol. The molecule has 25 heavy (non-hydrogen) atoms. The maximum atomic E-state index is 12.0. The summed E-state index contributed by atoms with van der Waals surface area (Å²) in [6.45, 7) is 2.68. The second-order valence-electron chi connectivity index (χ2n) is 6.25. The molecule has 1 aliphatic rings. The number of nitrogens with one attached hydrogen (secondary N) is 2. The number of carbonyl (C=O) groups is 2. The zero-order chi connectivity index (χ0) is 17.6. The summed E-state index contributed by atoms with van der Waals surface area (Å²) in [6, 6.07) is 13.9. The maximum absolute atomic E-state index is 12.0. The lowest BCUT2D eigenvalue weighted by atomic mass is 10.1. The van der Waals surface area contributed by atoms with Crippen LogP contribution in [-0.4, -0.2) is 25.0 Å². The zero-order valence-corrected chi connectivity index (χ0v) is 14.3. The van der Waals surface area contributed by atoms with Gasteiger partial charge in [-0.1, -0.05) is 35.9 Å². The van der Waals surface area contributed by atoms with E-state index >= 15 is 0 Å². The summed E-state index contributed by atoms with van der Waals surface area (Å²) in [5.41, 5.74) is 4.13. The number of rotatable bonds is 6. The summed E-state index contributed by atoms with van der Waals surface area (Å²) in [4.78, 5) is 23.3. The lowest BCUT2D eigenvalue weighted by Gasteiger charge is -2.18. The second kappa shape index (κ2) is 7.83. The van der Waals surface area contributed by atoms with E-state index in [9.17, 15) is 9.59 Å². The van der Waals surface area contributed by atoms with Crippen LogP contribution in [0.3, 0.4) is 0 Å². The number of benzene rings is 2. The summed E-state index contributed by atoms with van der Waals surface area (Å²) < 4.78 is 5.33. The first-order valence-corrected chi connectivity index (χ1v) is 8.48. The van der Waals surface area contributed by atoms with Crippen LogP contribution in [0.15, 0.2) is 42.5 Å². The van der Waals surface area contributed by atoms with Gasteiger partial charge in [0.15, 0.2) is 6.61 Å². The van der Waals surface area contributed by atoms with Crippen LogP contribution >= 0.6 is 0 Å². The highest BCUT2D eigenvalue weighted by Gasteiger charge is 2.15. The van der Waals surface area contributed by atoms with Crippen molar-refractivity contribution in [1.29, 1.82) is 0 Å². The topological polar surface area (TPSA) is 67.4 Å². The molecule has 1 aliphatic heterocycles. The monoisotopic (exact) mass is 338 g/mol. The van der Waals surface area contributed by atoms with E-state index in [1.165, 1.54) is 11.1 Å². The number of anilines is 1. The number of ether oxygens (including phenoxy) is 1. The fraction of sp³-hybridized carbons (Fsp3) is 0.300. The Hall–Kier alpha value is -2.82. The predicted molar refractivity (Wildman–Crippen MR) is 96.8 cm³/mol. The minimum Gasteiger partial charge on any atom is -0.482 e. The molecule has 3 rings (SSSR count). The molecule has 1 heterocycles. The average molecular weight is 338 g/mol. The van der Waals surface area contributed by atoms with Crippen molar-refractivity contribution in [3.63, 3.8) is 0 Å². The third kappa shape index (κ3) is 4.83. The molecule has 0 spiro atoms. The number of carbonyl (C=O) groups excluding carboxylic acids is 2. The van der Waals surface area contributed by atoms with Gasteiger partial charge in [0.05, 0.1) is 5.69 Å². The van der Waals surface area contributed by atoms with E-state index in [2.05, 4.69) is 41.8 Å². The molecule has 0 saturated carbocycles. The van der Waals surface area contributed by atoms with Gasteiger partial charge in [0.25, 0.3) is 5.91 Å². The van der Waals surface area contributed by atoms with Crippen LogP contribution in [0.4, 0.5) is 5.69 Å². The third-order valence-electron chi connectivity index (χ3n) is 4.17. The number of hydrogen-bond donors (Lipinski definition) is 2. The fourth-order valence-corrected chi connectivity index (χ4v) is 2.73. The fourth-order valence-electron chi connectivity index (χ4n) is 2.73. The van der Waals surface area contributed by atoms with Gasteiger partial charge >= 0.3 is 0 Å². The SMILES string of the molecule is Cc1ccc(CCC(=O)NCCc2ccc3c(c2)NC(=O)CO3)cc1. The van der Waals surface area contributed by atoms with Gasteiger partial charge in [-0.15, -0.1) is 0 Å². The van der Waals surface area contributed by atoms with E-state index in [0.29, 0.717) is 30.8 Å². The van der Waals surface area contributed by atoms with Crippen molar-refractivity contribution in [2.24, 2.45) is 0 Å². The lowest BCUT2D eigenvalue weighted by Crippen LogP contribution is -2.26. The first kappa shape index (κ1) is 17.0. The molecule has 0 aromatic heterocycles. The van der Waals surface area contributed by atoms with Crippen LogP contribution in [0.5, 0.6) is 5.75 Å². The standard InChI is InChI=1S/C20H22N2O3/c1-14-2-4-15(5-3-14)7-9-19(23)21-11-10-16-6-8-18-17(12-16)22-20(24)13-25-18/h2-6,8,12H,7,9-11,13H2,1H3,(H,21,23)(H,22,24). The van der Waals surface area contributed by atoms with Crippen molar-refractivity contribution in [2.45, 2.75) is 26.2 Å². The minimum absolute atomic E-state index is 0.0511. The Labute approximate surface area is 147 Å². The highest BCUT2D eigenvalue weighted by Crippen LogP contribution is 2.28. The van der Waals surface area contributed by atoms with Crippen LogP contribution in [0.1, 0.15) is 23.1 Å². The Kier molecular flexibility index (Phi) is 5.33. The van der Waals surface area contributed by atoms with Gasteiger partial charge in [-0.05, 0) is 43.0 Å². The van der Waals surface area contributed by atoms with Gasteiger partial charge < -0.3 is 15.4 Å². The predicted octanol–water partition coefficient (Wildman–Crippen LogP) is 2.62. The lowest BCUT2D eigenvalue weighted by molar-refractivity contribution is -0.121. The Bertz CT molecular complexity index is 769. The summed E-state index contributed by atoms with van der Waals surface area (Å²) >= 11 is 0. The van der Waals surface area contributed by atoms with Crippen molar-refractivity contribution in [2.75, 3.05) is 18.5 Å². The normalized spacial score (nSPS) is 12.8.